The van der Waals surface area contributed by atoms with Gasteiger partial charge in [0.25, 0.3) is 0 Å². The molecule has 1 unspecified atom stereocenters. The number of carbonyl (C=O) groups is 1. The minimum atomic E-state index is -4.57. The van der Waals surface area contributed by atoms with Crippen molar-refractivity contribution in [2.75, 3.05) is 6.54 Å². The lowest BCUT2D eigenvalue weighted by Crippen LogP contribution is -2.41. The van der Waals surface area contributed by atoms with Gasteiger partial charge in [-0.15, -0.1) is 0 Å². The Morgan fingerprint density at radius 3 is 2.57 bits per heavy atom. The van der Waals surface area contributed by atoms with Crippen LogP contribution >= 0.6 is 15.9 Å². The first-order valence-electron chi connectivity index (χ1n) is 6.28. The molecule has 1 aromatic rings. The van der Waals surface area contributed by atoms with Crippen LogP contribution in [0.1, 0.15) is 38.2 Å². The molecule has 1 N–H and O–H groups in total. The first-order chi connectivity index (χ1) is 9.50. The van der Waals surface area contributed by atoms with Crippen molar-refractivity contribution in [3.8, 4) is 0 Å². The average molecular weight is 370 g/mol. The number of ether oxygens (including phenoxy) is 1. The largest absolute Gasteiger partial charge is 0.458 e. The molecule has 0 saturated heterocycles. The molecule has 1 aliphatic heterocycles. The molecular formula is C12H15BrF3N3O2. The number of carbonyl (C=O) groups excluding carboxylic acids is 1. The normalized spacial score (nSPS) is 19.3. The van der Waals surface area contributed by atoms with E-state index in [1.165, 1.54) is 4.57 Å². The van der Waals surface area contributed by atoms with Crippen molar-refractivity contribution in [3.63, 3.8) is 0 Å². The third-order valence-corrected chi connectivity index (χ3v) is 3.42. The van der Waals surface area contributed by atoms with Gasteiger partial charge in [0.15, 0.2) is 10.4 Å². The minimum Gasteiger partial charge on any atom is -0.458 e. The fourth-order valence-electron chi connectivity index (χ4n) is 2.13. The van der Waals surface area contributed by atoms with Crippen molar-refractivity contribution < 1.29 is 22.7 Å². The van der Waals surface area contributed by atoms with Gasteiger partial charge in [0.1, 0.15) is 11.6 Å². The lowest BCUT2D eigenvalue weighted by Gasteiger charge is -2.29. The van der Waals surface area contributed by atoms with Gasteiger partial charge in [-0.2, -0.15) is 13.2 Å². The molecule has 1 atom stereocenters. The molecule has 0 amide bonds. The molecule has 1 aliphatic rings. The molecule has 0 aromatic carbocycles. The number of halogens is 4. The van der Waals surface area contributed by atoms with E-state index in [2.05, 4.69) is 26.2 Å². The van der Waals surface area contributed by atoms with E-state index in [1.54, 1.807) is 20.8 Å². The fourth-order valence-corrected chi connectivity index (χ4v) is 2.76. The Kier molecular flexibility index (Phi) is 4.09. The number of hydrogen-bond acceptors (Lipinski definition) is 4. The van der Waals surface area contributed by atoms with E-state index >= 15 is 0 Å². The summed E-state index contributed by atoms with van der Waals surface area (Å²) in [7, 11) is 0. The second-order valence-corrected chi connectivity index (χ2v) is 6.43. The summed E-state index contributed by atoms with van der Waals surface area (Å²) in [5.41, 5.74) is -1.78. The molecule has 9 heteroatoms. The summed E-state index contributed by atoms with van der Waals surface area (Å²) in [5.74, 6) is -0.595. The smallest absolute Gasteiger partial charge is 0.435 e. The van der Waals surface area contributed by atoms with Crippen LogP contribution in [0.5, 0.6) is 0 Å². The Balaban J connectivity index is 2.41. The van der Waals surface area contributed by atoms with Crippen LogP contribution in [-0.2, 0) is 22.3 Å². The van der Waals surface area contributed by atoms with E-state index in [9.17, 15) is 18.0 Å². The zero-order valence-corrected chi connectivity index (χ0v) is 13.3. The zero-order chi connectivity index (χ0) is 16.0. The van der Waals surface area contributed by atoms with Crippen molar-refractivity contribution >= 4 is 21.9 Å². The Morgan fingerprint density at radius 1 is 1.43 bits per heavy atom. The SMILES string of the molecule is CC(C)(C)OC(=O)C1CNCc2c(C(F)(F)F)nc(Br)n21. The van der Waals surface area contributed by atoms with Gasteiger partial charge in [-0.25, -0.2) is 9.78 Å². The van der Waals surface area contributed by atoms with E-state index in [4.69, 9.17) is 4.74 Å². The van der Waals surface area contributed by atoms with Gasteiger partial charge < -0.3 is 14.6 Å². The summed E-state index contributed by atoms with van der Waals surface area (Å²) < 4.78 is 45.3. The molecule has 5 nitrogen and oxygen atoms in total. The van der Waals surface area contributed by atoms with Crippen molar-refractivity contribution in [2.45, 2.75) is 45.1 Å². The van der Waals surface area contributed by atoms with Crippen LogP contribution in [0.2, 0.25) is 0 Å². The molecule has 0 saturated carbocycles. The molecule has 2 rings (SSSR count). The average Bonchev–Trinajstić information content (AvgIpc) is 2.64. The Morgan fingerprint density at radius 2 is 2.05 bits per heavy atom. The van der Waals surface area contributed by atoms with Crippen LogP contribution in [0.25, 0.3) is 0 Å². The third-order valence-electron chi connectivity index (χ3n) is 2.86. The molecule has 0 fully saturated rings. The second-order valence-electron chi connectivity index (χ2n) is 5.72. The first-order valence-corrected chi connectivity index (χ1v) is 7.07. The van der Waals surface area contributed by atoms with Gasteiger partial charge in [0.2, 0.25) is 0 Å². The minimum absolute atomic E-state index is 0.00720. The standard InChI is InChI=1S/C12H15BrF3N3O2/c1-11(2,3)21-9(20)7-5-17-4-6-8(12(14,15)16)18-10(13)19(6)7/h7,17H,4-5H2,1-3H3. The Hall–Kier alpha value is -1.09. The number of fused-ring (bicyclic) bond motifs is 1. The molecule has 0 bridgehead atoms. The van der Waals surface area contributed by atoms with Gasteiger partial charge in [-0.1, -0.05) is 0 Å². The highest BCUT2D eigenvalue weighted by Crippen LogP contribution is 2.36. The van der Waals surface area contributed by atoms with Crippen LogP contribution in [0, 0.1) is 0 Å². The highest BCUT2D eigenvalue weighted by molar-refractivity contribution is 9.10. The fraction of sp³-hybridized carbons (Fsp3) is 0.667. The summed E-state index contributed by atoms with van der Waals surface area (Å²) in [5, 5.41) is 2.80. The van der Waals surface area contributed by atoms with Gasteiger partial charge >= 0.3 is 12.1 Å². The van der Waals surface area contributed by atoms with Crippen LogP contribution in [0.15, 0.2) is 4.73 Å². The van der Waals surface area contributed by atoms with Gasteiger partial charge in [-0.3, -0.25) is 0 Å². The van der Waals surface area contributed by atoms with E-state index in [-0.39, 0.29) is 23.5 Å². The zero-order valence-electron chi connectivity index (χ0n) is 11.7. The van der Waals surface area contributed by atoms with E-state index in [1.807, 2.05) is 0 Å². The second kappa shape index (κ2) is 5.28. The molecular weight excluding hydrogens is 355 g/mol. The first kappa shape index (κ1) is 16.3. The van der Waals surface area contributed by atoms with Crippen LogP contribution in [0.3, 0.4) is 0 Å². The Labute approximate surface area is 128 Å². The maximum atomic E-state index is 12.9. The number of alkyl halides is 3. The number of esters is 1. The van der Waals surface area contributed by atoms with Crippen molar-refractivity contribution in [3.05, 3.63) is 16.1 Å². The topological polar surface area (TPSA) is 56.1 Å². The summed E-state index contributed by atoms with van der Waals surface area (Å²) in [6, 6.07) is -0.883. The lowest BCUT2D eigenvalue weighted by molar-refractivity contribution is -0.159. The van der Waals surface area contributed by atoms with Crippen molar-refractivity contribution in [1.29, 1.82) is 0 Å². The molecule has 1 aromatic heterocycles. The maximum Gasteiger partial charge on any atom is 0.435 e. The van der Waals surface area contributed by atoms with Gasteiger partial charge in [0.05, 0.1) is 5.69 Å². The summed E-state index contributed by atoms with van der Waals surface area (Å²) in [6.45, 7) is 5.28. The van der Waals surface area contributed by atoms with Gasteiger partial charge in [-0.05, 0) is 36.7 Å². The number of imidazole rings is 1. The number of hydrogen-bond donors (Lipinski definition) is 1. The van der Waals surface area contributed by atoms with Crippen LogP contribution < -0.4 is 5.32 Å². The van der Waals surface area contributed by atoms with Crippen LogP contribution in [-0.4, -0.2) is 27.7 Å². The molecule has 21 heavy (non-hydrogen) atoms. The number of nitrogens with one attached hydrogen (secondary N) is 1. The molecule has 2 heterocycles. The monoisotopic (exact) mass is 369 g/mol. The predicted octanol–water partition coefficient (Wildman–Crippen LogP) is 2.65. The number of nitrogens with zero attached hydrogens (tertiary/aromatic N) is 2. The van der Waals surface area contributed by atoms with Gasteiger partial charge in [0, 0.05) is 13.1 Å². The molecule has 0 aliphatic carbocycles. The molecule has 118 valence electrons. The predicted molar refractivity (Wildman–Crippen MR) is 71.5 cm³/mol. The third kappa shape index (κ3) is 3.39. The molecule has 0 radical (unpaired) electrons. The lowest BCUT2D eigenvalue weighted by atomic mass is 10.1. The van der Waals surface area contributed by atoms with Crippen LogP contribution in [0.4, 0.5) is 13.2 Å². The van der Waals surface area contributed by atoms with E-state index < -0.39 is 29.5 Å². The number of aromatic nitrogens is 2. The summed E-state index contributed by atoms with van der Waals surface area (Å²) >= 11 is 3.00. The van der Waals surface area contributed by atoms with Crippen molar-refractivity contribution in [1.82, 2.24) is 14.9 Å². The highest BCUT2D eigenvalue weighted by atomic mass is 79.9. The Bertz CT molecular complexity index is 563. The van der Waals surface area contributed by atoms with E-state index in [0.717, 1.165) is 0 Å². The van der Waals surface area contributed by atoms with Crippen molar-refractivity contribution in [2.24, 2.45) is 0 Å². The maximum absolute atomic E-state index is 12.9. The molecule has 0 spiro atoms. The highest BCUT2D eigenvalue weighted by Gasteiger charge is 2.42. The quantitative estimate of drug-likeness (QED) is 0.773. The van der Waals surface area contributed by atoms with E-state index in [0.29, 0.717) is 0 Å². The number of rotatable bonds is 1. The summed E-state index contributed by atoms with van der Waals surface area (Å²) in [4.78, 5) is 15.7. The summed E-state index contributed by atoms with van der Waals surface area (Å²) in [6.07, 6.45) is -4.57.